The van der Waals surface area contributed by atoms with Crippen LogP contribution in [0.1, 0.15) is 68.7 Å². The normalized spacial score (nSPS) is 20.3. The second-order valence-electron chi connectivity index (χ2n) is 5.82. The molecule has 0 amide bonds. The van der Waals surface area contributed by atoms with E-state index in [4.69, 9.17) is 10.6 Å². The Morgan fingerprint density at radius 3 is 2.76 bits per heavy atom. The maximum Gasteiger partial charge on any atom is 0.207 e. The smallest absolute Gasteiger partial charge is 0.207 e. The number of aryl methyl sites for hydroxylation is 1. The molecule has 0 saturated heterocycles. The van der Waals surface area contributed by atoms with E-state index in [0.717, 1.165) is 12.8 Å². The van der Waals surface area contributed by atoms with E-state index in [9.17, 15) is 0 Å². The Morgan fingerprint density at radius 2 is 2.10 bits per heavy atom. The zero-order chi connectivity index (χ0) is 15.2. The van der Waals surface area contributed by atoms with Crippen LogP contribution in [0.4, 0.5) is 0 Å². The molecular weight excluding hydrogens is 280 g/mol. The standard InChI is InChI=1S/C17H28N2OS/c1-4-6-7-8-9-13(3)19-15(12-17(18)20-19)16-11-10-14(5-2)21-16/h10-13,15H,4-9,18H2,1-3H3. The monoisotopic (exact) mass is 308 g/mol. The maximum absolute atomic E-state index is 5.91. The zero-order valence-electron chi connectivity index (χ0n) is 13.5. The van der Waals surface area contributed by atoms with Crippen LogP contribution in [0.15, 0.2) is 24.1 Å². The molecule has 1 aromatic rings. The van der Waals surface area contributed by atoms with Gasteiger partial charge in [-0.05, 0) is 31.9 Å². The van der Waals surface area contributed by atoms with Gasteiger partial charge in [-0.3, -0.25) is 0 Å². The van der Waals surface area contributed by atoms with E-state index in [1.165, 1.54) is 35.4 Å². The van der Waals surface area contributed by atoms with Gasteiger partial charge in [-0.2, -0.15) is 0 Å². The molecule has 0 aromatic carbocycles. The predicted molar refractivity (Wildman–Crippen MR) is 89.9 cm³/mol. The first-order valence-corrected chi connectivity index (χ1v) is 8.99. The Bertz CT molecular complexity index is 469. The summed E-state index contributed by atoms with van der Waals surface area (Å²) in [6.07, 6.45) is 9.44. The summed E-state index contributed by atoms with van der Waals surface area (Å²) in [5, 5.41) is 2.08. The van der Waals surface area contributed by atoms with Crippen molar-refractivity contribution < 1.29 is 4.84 Å². The van der Waals surface area contributed by atoms with Crippen molar-refractivity contribution in [3.63, 3.8) is 0 Å². The third-order valence-corrected chi connectivity index (χ3v) is 5.34. The van der Waals surface area contributed by atoms with E-state index in [2.05, 4.69) is 38.0 Å². The molecule has 2 rings (SSSR count). The van der Waals surface area contributed by atoms with Crippen molar-refractivity contribution in [2.75, 3.05) is 0 Å². The number of hydrogen-bond acceptors (Lipinski definition) is 4. The molecule has 0 fully saturated rings. The summed E-state index contributed by atoms with van der Waals surface area (Å²) in [6.45, 7) is 6.68. The second-order valence-corrected chi connectivity index (χ2v) is 7.02. The van der Waals surface area contributed by atoms with Gasteiger partial charge in [0.1, 0.15) is 6.04 Å². The lowest BCUT2D eigenvalue weighted by Crippen LogP contribution is -2.32. The summed E-state index contributed by atoms with van der Waals surface area (Å²) >= 11 is 1.86. The minimum absolute atomic E-state index is 0.177. The fourth-order valence-electron chi connectivity index (χ4n) is 2.75. The Labute approximate surface area is 132 Å². The van der Waals surface area contributed by atoms with Crippen LogP contribution in [0, 0.1) is 0 Å². The van der Waals surface area contributed by atoms with Crippen LogP contribution in [0.5, 0.6) is 0 Å². The zero-order valence-corrected chi connectivity index (χ0v) is 14.3. The molecule has 2 N–H and O–H groups in total. The number of rotatable bonds is 8. The second kappa shape index (κ2) is 7.85. The van der Waals surface area contributed by atoms with Gasteiger partial charge in [0.15, 0.2) is 0 Å². The fourth-order valence-corrected chi connectivity index (χ4v) is 3.76. The topological polar surface area (TPSA) is 38.5 Å². The van der Waals surface area contributed by atoms with Gasteiger partial charge in [-0.25, -0.2) is 0 Å². The van der Waals surface area contributed by atoms with Crippen LogP contribution in [-0.4, -0.2) is 11.1 Å². The highest BCUT2D eigenvalue weighted by molar-refractivity contribution is 7.12. The van der Waals surface area contributed by atoms with Crippen molar-refractivity contribution in [3.05, 3.63) is 33.8 Å². The van der Waals surface area contributed by atoms with Crippen molar-refractivity contribution in [2.45, 2.75) is 71.4 Å². The molecule has 0 spiro atoms. The van der Waals surface area contributed by atoms with E-state index < -0.39 is 0 Å². The van der Waals surface area contributed by atoms with Gasteiger partial charge in [0.25, 0.3) is 0 Å². The van der Waals surface area contributed by atoms with Gasteiger partial charge in [-0.15, -0.1) is 16.4 Å². The molecular formula is C17H28N2OS. The maximum atomic E-state index is 5.91. The van der Waals surface area contributed by atoms with E-state index >= 15 is 0 Å². The van der Waals surface area contributed by atoms with Gasteiger partial charge >= 0.3 is 0 Å². The van der Waals surface area contributed by atoms with Gasteiger partial charge in [0.2, 0.25) is 5.88 Å². The Kier molecular flexibility index (Phi) is 6.12. The molecule has 118 valence electrons. The van der Waals surface area contributed by atoms with Crippen LogP contribution in [0.2, 0.25) is 0 Å². The van der Waals surface area contributed by atoms with E-state index in [1.807, 2.05) is 17.4 Å². The third kappa shape index (κ3) is 4.24. The molecule has 0 aliphatic carbocycles. The fraction of sp³-hybridized carbons (Fsp3) is 0.647. The summed E-state index contributed by atoms with van der Waals surface area (Å²) in [6, 6.07) is 4.99. The molecule has 1 aromatic heterocycles. The minimum Gasteiger partial charge on any atom is -0.387 e. The highest BCUT2D eigenvalue weighted by Gasteiger charge is 2.32. The summed E-state index contributed by atoms with van der Waals surface area (Å²) in [4.78, 5) is 8.51. The van der Waals surface area contributed by atoms with Crippen molar-refractivity contribution in [1.29, 1.82) is 0 Å². The first-order valence-electron chi connectivity index (χ1n) is 8.17. The van der Waals surface area contributed by atoms with Gasteiger partial charge in [0, 0.05) is 21.9 Å². The van der Waals surface area contributed by atoms with Crippen molar-refractivity contribution in [2.24, 2.45) is 5.73 Å². The Balaban J connectivity index is 1.97. The Hall–Kier alpha value is -1.00. The predicted octanol–water partition coefficient (Wildman–Crippen LogP) is 4.76. The lowest BCUT2D eigenvalue weighted by molar-refractivity contribution is -0.149. The highest BCUT2D eigenvalue weighted by Crippen LogP contribution is 2.36. The summed E-state index contributed by atoms with van der Waals surface area (Å²) in [7, 11) is 0. The molecule has 1 aliphatic heterocycles. The van der Waals surface area contributed by atoms with Crippen molar-refractivity contribution in [1.82, 2.24) is 5.06 Å². The molecule has 2 heterocycles. The van der Waals surface area contributed by atoms with Crippen molar-refractivity contribution >= 4 is 11.3 Å². The molecule has 4 heteroatoms. The lowest BCUT2D eigenvalue weighted by Gasteiger charge is -2.28. The quantitative estimate of drug-likeness (QED) is 0.704. The largest absolute Gasteiger partial charge is 0.387 e. The van der Waals surface area contributed by atoms with Crippen LogP contribution in [0.3, 0.4) is 0 Å². The summed E-state index contributed by atoms with van der Waals surface area (Å²) in [5.74, 6) is 0.534. The molecule has 21 heavy (non-hydrogen) atoms. The molecule has 0 radical (unpaired) electrons. The number of hydrogen-bond donors (Lipinski definition) is 1. The van der Waals surface area contributed by atoms with Gasteiger partial charge < -0.3 is 10.6 Å². The lowest BCUT2D eigenvalue weighted by atomic mass is 10.1. The third-order valence-electron chi connectivity index (χ3n) is 4.04. The number of nitrogens with zero attached hydrogens (tertiary/aromatic N) is 1. The number of hydroxylamine groups is 2. The van der Waals surface area contributed by atoms with E-state index in [-0.39, 0.29) is 6.04 Å². The van der Waals surface area contributed by atoms with Crippen LogP contribution < -0.4 is 5.73 Å². The van der Waals surface area contributed by atoms with Crippen LogP contribution in [-0.2, 0) is 11.3 Å². The van der Waals surface area contributed by atoms with E-state index in [0.29, 0.717) is 11.9 Å². The minimum atomic E-state index is 0.177. The Morgan fingerprint density at radius 1 is 1.29 bits per heavy atom. The summed E-state index contributed by atoms with van der Waals surface area (Å²) in [5.41, 5.74) is 5.91. The number of unbranched alkanes of at least 4 members (excludes halogenated alkanes) is 3. The molecule has 1 aliphatic rings. The highest BCUT2D eigenvalue weighted by atomic mass is 32.1. The first-order chi connectivity index (χ1) is 10.2. The van der Waals surface area contributed by atoms with E-state index in [1.54, 1.807) is 0 Å². The SMILES string of the molecule is CCCCCCC(C)N1OC(N)=CC1c1ccc(CC)s1. The molecule has 0 saturated carbocycles. The molecule has 3 nitrogen and oxygen atoms in total. The molecule has 2 atom stereocenters. The van der Waals surface area contributed by atoms with Gasteiger partial charge in [-0.1, -0.05) is 39.5 Å². The summed E-state index contributed by atoms with van der Waals surface area (Å²) < 4.78 is 0. The molecule has 2 unspecified atom stereocenters. The average molecular weight is 308 g/mol. The van der Waals surface area contributed by atoms with Gasteiger partial charge in [0.05, 0.1) is 0 Å². The van der Waals surface area contributed by atoms with Crippen molar-refractivity contribution in [3.8, 4) is 0 Å². The van der Waals surface area contributed by atoms with Crippen LogP contribution >= 0.6 is 11.3 Å². The first kappa shape index (κ1) is 16.4. The average Bonchev–Trinajstić information content (AvgIpc) is 3.09. The molecule has 0 bridgehead atoms. The number of nitrogens with two attached hydrogens (primary N) is 1. The number of thiophene rings is 1. The van der Waals surface area contributed by atoms with Crippen LogP contribution in [0.25, 0.3) is 0 Å².